The second-order valence-corrected chi connectivity index (χ2v) is 7.29. The van der Waals surface area contributed by atoms with Gasteiger partial charge in [-0.15, -0.1) is 0 Å². The van der Waals surface area contributed by atoms with Crippen LogP contribution in [0.15, 0.2) is 21.2 Å². The maximum Gasteiger partial charge on any atom is 0.331 e. The summed E-state index contributed by atoms with van der Waals surface area (Å²) in [6.45, 7) is 6.65. The van der Waals surface area contributed by atoms with E-state index in [9.17, 15) is 9.59 Å². The van der Waals surface area contributed by atoms with Crippen molar-refractivity contribution in [1.29, 1.82) is 0 Å². The van der Waals surface area contributed by atoms with Crippen molar-refractivity contribution in [3.05, 3.63) is 32.5 Å². The third kappa shape index (κ3) is 2.85. The number of hydrogen-bond acceptors (Lipinski definition) is 4. The minimum absolute atomic E-state index is 0.245. The second-order valence-electron chi connectivity index (χ2n) is 7.29. The van der Waals surface area contributed by atoms with E-state index in [1.54, 1.807) is 18.7 Å². The third-order valence-electron chi connectivity index (χ3n) is 5.21. The first-order valence-electron chi connectivity index (χ1n) is 9.26. The molecule has 1 aliphatic rings. The van der Waals surface area contributed by atoms with Crippen LogP contribution in [0.25, 0.3) is 11.0 Å². The summed E-state index contributed by atoms with van der Waals surface area (Å²) < 4.78 is 4.84. The summed E-state index contributed by atoms with van der Waals surface area (Å²) >= 11 is 0. The monoisotopic (exact) mass is 359 g/mol. The molecule has 0 bridgehead atoms. The van der Waals surface area contributed by atoms with Crippen molar-refractivity contribution in [2.45, 2.75) is 39.7 Å². The van der Waals surface area contributed by atoms with Crippen LogP contribution in [0.5, 0.6) is 0 Å². The number of aryl methyl sites for hydroxylation is 1. The second kappa shape index (κ2) is 7.05. The number of rotatable bonds is 4. The fraction of sp³-hybridized carbons (Fsp3) is 0.579. The molecule has 0 saturated carbocycles. The van der Waals surface area contributed by atoms with Crippen LogP contribution in [-0.2, 0) is 20.6 Å². The Labute approximate surface area is 153 Å². The van der Waals surface area contributed by atoms with Gasteiger partial charge in [-0.2, -0.15) is 0 Å². The van der Waals surface area contributed by atoms with Crippen LogP contribution in [0.3, 0.4) is 0 Å². The zero-order valence-electron chi connectivity index (χ0n) is 16.4. The molecule has 142 valence electrons. The van der Waals surface area contributed by atoms with Gasteiger partial charge in [0.25, 0.3) is 5.56 Å². The zero-order chi connectivity index (χ0) is 19.0. The van der Waals surface area contributed by atoms with E-state index in [4.69, 9.17) is 0 Å². The average molecular weight is 359 g/mol. The van der Waals surface area contributed by atoms with E-state index in [0.29, 0.717) is 17.6 Å². The molecule has 7 nitrogen and oxygen atoms in total. The highest BCUT2D eigenvalue weighted by atomic mass is 16.2. The average Bonchev–Trinajstić information content (AvgIpc) is 2.97. The van der Waals surface area contributed by atoms with Gasteiger partial charge in [-0.25, -0.2) is 4.79 Å². The molecule has 0 atom stereocenters. The normalized spacial score (nSPS) is 14.7. The Bertz CT molecular complexity index is 967. The lowest BCUT2D eigenvalue weighted by atomic mass is 10.1. The van der Waals surface area contributed by atoms with Crippen molar-refractivity contribution in [2.75, 3.05) is 30.4 Å². The highest BCUT2D eigenvalue weighted by molar-refractivity contribution is 5.98. The minimum atomic E-state index is -0.302. The number of allylic oxidation sites excluding steroid dienone is 2. The predicted molar refractivity (Wildman–Crippen MR) is 107 cm³/mol. The number of aromatic nitrogens is 3. The molecule has 0 amide bonds. The molecule has 1 saturated heterocycles. The fourth-order valence-electron chi connectivity index (χ4n) is 3.82. The molecule has 7 heteroatoms. The fourth-order valence-corrected chi connectivity index (χ4v) is 3.82. The van der Waals surface area contributed by atoms with Crippen molar-refractivity contribution >= 4 is 22.5 Å². The Morgan fingerprint density at radius 2 is 1.69 bits per heavy atom. The van der Waals surface area contributed by atoms with Gasteiger partial charge in [-0.1, -0.05) is 11.6 Å². The first-order chi connectivity index (χ1) is 12.4. The van der Waals surface area contributed by atoms with Crippen molar-refractivity contribution in [3.8, 4) is 0 Å². The number of nitrogens with one attached hydrogen (secondary N) is 1. The van der Waals surface area contributed by atoms with Crippen LogP contribution in [0.4, 0.5) is 11.5 Å². The molecule has 1 N–H and O–H groups in total. The smallest absolute Gasteiger partial charge is 0.331 e. The molecule has 1 fully saturated rings. The summed E-state index contributed by atoms with van der Waals surface area (Å²) in [7, 11) is 5.13. The Morgan fingerprint density at radius 1 is 1.04 bits per heavy atom. The molecule has 2 aromatic heterocycles. The topological polar surface area (TPSA) is 64.2 Å². The quantitative estimate of drug-likeness (QED) is 0.849. The molecule has 3 heterocycles. The first kappa shape index (κ1) is 18.4. The number of anilines is 2. The Hall–Kier alpha value is -2.44. The van der Waals surface area contributed by atoms with E-state index < -0.39 is 0 Å². The van der Waals surface area contributed by atoms with E-state index in [2.05, 4.69) is 34.7 Å². The van der Waals surface area contributed by atoms with Crippen LogP contribution in [0, 0.1) is 0 Å². The summed E-state index contributed by atoms with van der Waals surface area (Å²) in [5.41, 5.74) is 2.78. The summed E-state index contributed by atoms with van der Waals surface area (Å²) in [4.78, 5) is 27.8. The molecule has 1 aliphatic heterocycles. The lowest BCUT2D eigenvalue weighted by molar-refractivity contribution is 0.566. The van der Waals surface area contributed by atoms with E-state index >= 15 is 0 Å². The molecule has 26 heavy (non-hydrogen) atoms. The van der Waals surface area contributed by atoms with Crippen molar-refractivity contribution in [2.24, 2.45) is 14.1 Å². The Balaban J connectivity index is 2.43. The van der Waals surface area contributed by atoms with Crippen LogP contribution >= 0.6 is 0 Å². The lowest BCUT2D eigenvalue weighted by Crippen LogP contribution is -2.37. The molecule has 0 aliphatic carbocycles. The van der Waals surface area contributed by atoms with Gasteiger partial charge < -0.3 is 14.8 Å². The van der Waals surface area contributed by atoms with Gasteiger partial charge in [0.05, 0.1) is 0 Å². The maximum atomic E-state index is 13.0. The summed E-state index contributed by atoms with van der Waals surface area (Å²) in [5.74, 6) is 1.01. The molecular weight excluding hydrogens is 330 g/mol. The van der Waals surface area contributed by atoms with Crippen molar-refractivity contribution in [1.82, 2.24) is 13.7 Å². The van der Waals surface area contributed by atoms with Gasteiger partial charge >= 0.3 is 5.69 Å². The largest absolute Gasteiger partial charge is 0.383 e. The van der Waals surface area contributed by atoms with E-state index in [-0.39, 0.29) is 11.2 Å². The molecule has 3 rings (SSSR count). The van der Waals surface area contributed by atoms with Gasteiger partial charge in [0, 0.05) is 40.8 Å². The standard InChI is InChI=1S/C19H29N5O2/c1-13(2)9-12-24-16-15(21(4)19(26)22(5)18(16)25)14(20-3)17(24)23-10-7-6-8-11-23/h9,20H,6-8,10-12H2,1-5H3. The molecule has 0 unspecified atom stereocenters. The SMILES string of the molecule is CNc1c(N2CCCCC2)n(CC=C(C)C)c2c(=O)n(C)c(=O)n(C)c12. The molecule has 2 aromatic rings. The summed E-state index contributed by atoms with van der Waals surface area (Å²) in [6.07, 6.45) is 5.64. The van der Waals surface area contributed by atoms with Gasteiger partial charge in [0.1, 0.15) is 22.5 Å². The highest BCUT2D eigenvalue weighted by Crippen LogP contribution is 2.36. The predicted octanol–water partition coefficient (Wildman–Crippen LogP) is 2.04. The first-order valence-corrected chi connectivity index (χ1v) is 9.26. The molecule has 0 radical (unpaired) electrons. The van der Waals surface area contributed by atoms with Gasteiger partial charge in [0.15, 0.2) is 0 Å². The molecule has 0 aromatic carbocycles. The van der Waals surface area contributed by atoms with Crippen LogP contribution in [-0.4, -0.2) is 33.8 Å². The lowest BCUT2D eigenvalue weighted by Gasteiger charge is -2.30. The Morgan fingerprint density at radius 3 is 2.27 bits per heavy atom. The molecular formula is C19H29N5O2. The number of piperidine rings is 1. The van der Waals surface area contributed by atoms with Gasteiger partial charge in [0.2, 0.25) is 0 Å². The van der Waals surface area contributed by atoms with Crippen molar-refractivity contribution < 1.29 is 0 Å². The maximum absolute atomic E-state index is 13.0. The van der Waals surface area contributed by atoms with E-state index in [0.717, 1.165) is 37.4 Å². The minimum Gasteiger partial charge on any atom is -0.383 e. The van der Waals surface area contributed by atoms with Crippen LogP contribution < -0.4 is 21.5 Å². The van der Waals surface area contributed by atoms with E-state index in [1.807, 2.05) is 7.05 Å². The summed E-state index contributed by atoms with van der Waals surface area (Å²) in [6, 6.07) is 0. The third-order valence-corrected chi connectivity index (χ3v) is 5.21. The number of nitrogens with zero attached hydrogens (tertiary/aromatic N) is 4. The summed E-state index contributed by atoms with van der Waals surface area (Å²) in [5, 5.41) is 3.27. The number of fused-ring (bicyclic) bond motifs is 1. The van der Waals surface area contributed by atoms with E-state index in [1.165, 1.54) is 16.6 Å². The highest BCUT2D eigenvalue weighted by Gasteiger charge is 2.27. The zero-order valence-corrected chi connectivity index (χ0v) is 16.4. The van der Waals surface area contributed by atoms with Crippen LogP contribution in [0.1, 0.15) is 33.1 Å². The van der Waals surface area contributed by atoms with Crippen molar-refractivity contribution in [3.63, 3.8) is 0 Å². The van der Waals surface area contributed by atoms with Gasteiger partial charge in [-0.3, -0.25) is 13.9 Å². The number of hydrogen-bond donors (Lipinski definition) is 1. The Kier molecular flexibility index (Phi) is 4.98. The van der Waals surface area contributed by atoms with Crippen LogP contribution in [0.2, 0.25) is 0 Å². The van der Waals surface area contributed by atoms with Gasteiger partial charge in [-0.05, 0) is 33.1 Å². The molecule has 0 spiro atoms.